The summed E-state index contributed by atoms with van der Waals surface area (Å²) in [6.45, 7) is 0. The van der Waals surface area contributed by atoms with Crippen molar-refractivity contribution < 1.29 is 4.79 Å². The minimum atomic E-state index is -0.449. The first kappa shape index (κ1) is 9.95. The van der Waals surface area contributed by atoms with Crippen molar-refractivity contribution in [3.8, 4) is 6.07 Å². The zero-order chi connectivity index (χ0) is 9.52. The Hall–Kier alpha value is -1.13. The third kappa shape index (κ3) is 3.01. The smallest absolute Gasteiger partial charge is 0.211 e. The molecule has 0 N–H and O–H groups in total. The Morgan fingerprint density at radius 1 is 1.23 bits per heavy atom. The van der Waals surface area contributed by atoms with Crippen LogP contribution in [0.4, 0.5) is 0 Å². The molecule has 1 aliphatic carbocycles. The summed E-state index contributed by atoms with van der Waals surface area (Å²) in [7, 11) is 0. The molecule has 0 saturated heterocycles. The van der Waals surface area contributed by atoms with Crippen LogP contribution in [0.5, 0.6) is 0 Å². The number of hydrogen-bond acceptors (Lipinski definition) is 3. The minimum absolute atomic E-state index is 0.286. The van der Waals surface area contributed by atoms with Gasteiger partial charge in [-0.1, -0.05) is 25.7 Å². The molecule has 1 atom stereocenters. The molecular weight excluding hydrogens is 164 g/mol. The first-order valence-electron chi connectivity index (χ1n) is 4.85. The van der Waals surface area contributed by atoms with Gasteiger partial charge in [-0.25, -0.2) is 4.79 Å². The Bertz CT molecular complexity index is 230. The lowest BCUT2D eigenvalue weighted by Crippen LogP contribution is -2.15. The Morgan fingerprint density at radius 3 is 2.31 bits per heavy atom. The standard InChI is InChI=1S/C10H14N2O/c11-7-10(12-8-13)9-5-3-1-2-4-6-9/h9-10H,1-6H2. The topological polar surface area (TPSA) is 53.2 Å². The van der Waals surface area contributed by atoms with Crippen molar-refractivity contribution in [2.24, 2.45) is 10.9 Å². The number of isocyanates is 1. The summed E-state index contributed by atoms with van der Waals surface area (Å²) in [5.74, 6) is 0.286. The lowest BCUT2D eigenvalue weighted by atomic mass is 9.93. The van der Waals surface area contributed by atoms with E-state index in [0.29, 0.717) is 0 Å². The van der Waals surface area contributed by atoms with Crippen molar-refractivity contribution in [2.75, 3.05) is 0 Å². The zero-order valence-corrected chi connectivity index (χ0v) is 7.70. The molecule has 0 spiro atoms. The van der Waals surface area contributed by atoms with E-state index >= 15 is 0 Å². The van der Waals surface area contributed by atoms with E-state index < -0.39 is 6.04 Å². The average molecular weight is 178 g/mol. The third-order valence-corrected chi connectivity index (χ3v) is 2.67. The van der Waals surface area contributed by atoms with Crippen molar-refractivity contribution in [3.63, 3.8) is 0 Å². The largest absolute Gasteiger partial charge is 0.236 e. The molecule has 3 heteroatoms. The fraction of sp³-hybridized carbons (Fsp3) is 0.800. The predicted molar refractivity (Wildman–Crippen MR) is 48.7 cm³/mol. The minimum Gasteiger partial charge on any atom is -0.211 e. The van der Waals surface area contributed by atoms with Crippen molar-refractivity contribution in [2.45, 2.75) is 44.6 Å². The first-order valence-corrected chi connectivity index (χ1v) is 4.85. The molecule has 0 aromatic rings. The van der Waals surface area contributed by atoms with Gasteiger partial charge < -0.3 is 0 Å². The average Bonchev–Trinajstić information content (AvgIpc) is 2.42. The molecule has 3 nitrogen and oxygen atoms in total. The highest BCUT2D eigenvalue weighted by atomic mass is 16.1. The van der Waals surface area contributed by atoms with Gasteiger partial charge in [0.05, 0.1) is 6.07 Å². The Balaban J connectivity index is 2.56. The molecule has 70 valence electrons. The van der Waals surface area contributed by atoms with E-state index in [1.54, 1.807) is 0 Å². The van der Waals surface area contributed by atoms with Crippen LogP contribution in [0.2, 0.25) is 0 Å². The Morgan fingerprint density at radius 2 is 1.85 bits per heavy atom. The van der Waals surface area contributed by atoms with Gasteiger partial charge in [-0.3, -0.25) is 0 Å². The van der Waals surface area contributed by atoms with Gasteiger partial charge in [0.15, 0.2) is 6.04 Å². The molecule has 1 saturated carbocycles. The van der Waals surface area contributed by atoms with Crippen LogP contribution in [0.1, 0.15) is 38.5 Å². The van der Waals surface area contributed by atoms with Crippen LogP contribution in [0.3, 0.4) is 0 Å². The second-order valence-corrected chi connectivity index (χ2v) is 3.55. The van der Waals surface area contributed by atoms with Crippen LogP contribution < -0.4 is 0 Å². The molecule has 0 bridgehead atoms. The molecule has 13 heavy (non-hydrogen) atoms. The van der Waals surface area contributed by atoms with Crippen LogP contribution in [0, 0.1) is 17.2 Å². The van der Waals surface area contributed by atoms with Crippen molar-refractivity contribution in [1.82, 2.24) is 0 Å². The van der Waals surface area contributed by atoms with Crippen LogP contribution in [-0.2, 0) is 4.79 Å². The predicted octanol–water partition coefficient (Wildman–Crippen LogP) is 2.18. The highest BCUT2D eigenvalue weighted by Gasteiger charge is 2.21. The molecule has 0 aromatic carbocycles. The van der Waals surface area contributed by atoms with Gasteiger partial charge in [0.25, 0.3) is 0 Å². The summed E-state index contributed by atoms with van der Waals surface area (Å²) in [4.78, 5) is 13.6. The van der Waals surface area contributed by atoms with E-state index in [2.05, 4.69) is 11.1 Å². The Labute approximate surface area is 78.5 Å². The molecule has 0 aromatic heterocycles. The van der Waals surface area contributed by atoms with E-state index in [4.69, 9.17) is 5.26 Å². The molecule has 0 heterocycles. The maximum atomic E-state index is 10.1. The van der Waals surface area contributed by atoms with Crippen molar-refractivity contribution in [3.05, 3.63) is 0 Å². The number of nitrogens with zero attached hydrogens (tertiary/aromatic N) is 2. The summed E-state index contributed by atoms with van der Waals surface area (Å²) in [6, 6.07) is 1.62. The summed E-state index contributed by atoms with van der Waals surface area (Å²) in [5.41, 5.74) is 0. The highest BCUT2D eigenvalue weighted by molar-refractivity contribution is 5.34. The van der Waals surface area contributed by atoms with Gasteiger partial charge in [-0.2, -0.15) is 10.3 Å². The van der Waals surface area contributed by atoms with E-state index in [-0.39, 0.29) is 5.92 Å². The Kier molecular flexibility index (Phi) is 4.21. The van der Waals surface area contributed by atoms with Gasteiger partial charge >= 0.3 is 0 Å². The molecule has 1 unspecified atom stereocenters. The van der Waals surface area contributed by atoms with E-state index in [1.807, 2.05) is 0 Å². The molecule has 0 aliphatic heterocycles. The summed E-state index contributed by atoms with van der Waals surface area (Å²) < 4.78 is 0. The van der Waals surface area contributed by atoms with Gasteiger partial charge in [-0.15, -0.1) is 0 Å². The van der Waals surface area contributed by atoms with Gasteiger partial charge in [0, 0.05) is 0 Å². The second kappa shape index (κ2) is 5.50. The van der Waals surface area contributed by atoms with Crippen LogP contribution in [0.25, 0.3) is 0 Å². The van der Waals surface area contributed by atoms with Gasteiger partial charge in [0.2, 0.25) is 6.08 Å². The zero-order valence-electron chi connectivity index (χ0n) is 7.70. The quantitative estimate of drug-likeness (QED) is 0.369. The number of rotatable bonds is 2. The van der Waals surface area contributed by atoms with Crippen LogP contribution in [-0.4, -0.2) is 12.1 Å². The lowest BCUT2D eigenvalue weighted by Gasteiger charge is -2.14. The van der Waals surface area contributed by atoms with Crippen LogP contribution >= 0.6 is 0 Å². The fourth-order valence-corrected chi connectivity index (χ4v) is 1.92. The molecule has 0 radical (unpaired) electrons. The first-order chi connectivity index (χ1) is 6.38. The number of nitriles is 1. The molecule has 0 amide bonds. The summed E-state index contributed by atoms with van der Waals surface area (Å²) in [5, 5.41) is 8.78. The normalized spacial score (nSPS) is 20.8. The maximum Gasteiger partial charge on any atom is 0.236 e. The SMILES string of the molecule is N#CC(N=C=O)C1CCCCCC1. The van der Waals surface area contributed by atoms with E-state index in [9.17, 15) is 4.79 Å². The highest BCUT2D eigenvalue weighted by Crippen LogP contribution is 2.26. The molecule has 1 rings (SSSR count). The monoisotopic (exact) mass is 178 g/mol. The number of aliphatic imine (C=N–C) groups is 1. The van der Waals surface area contributed by atoms with Crippen LogP contribution in [0.15, 0.2) is 4.99 Å². The van der Waals surface area contributed by atoms with Gasteiger partial charge in [-0.05, 0) is 18.8 Å². The van der Waals surface area contributed by atoms with Gasteiger partial charge in [0.1, 0.15) is 0 Å². The maximum absolute atomic E-state index is 10.1. The van der Waals surface area contributed by atoms with Crippen molar-refractivity contribution in [1.29, 1.82) is 5.26 Å². The number of carbonyl (C=O) groups excluding carboxylic acids is 1. The summed E-state index contributed by atoms with van der Waals surface area (Å²) >= 11 is 0. The molecule has 1 aliphatic rings. The molecular formula is C10H14N2O. The fourth-order valence-electron chi connectivity index (χ4n) is 1.92. The summed E-state index contributed by atoms with van der Waals surface area (Å²) in [6.07, 6.45) is 8.38. The van der Waals surface area contributed by atoms with E-state index in [0.717, 1.165) is 25.7 Å². The lowest BCUT2D eigenvalue weighted by molar-refractivity contribution is 0.422. The number of hydrogen-bond donors (Lipinski definition) is 0. The molecule has 1 fully saturated rings. The van der Waals surface area contributed by atoms with E-state index in [1.165, 1.54) is 18.9 Å². The third-order valence-electron chi connectivity index (χ3n) is 2.67. The van der Waals surface area contributed by atoms with Crippen molar-refractivity contribution >= 4 is 6.08 Å². The second-order valence-electron chi connectivity index (χ2n) is 3.55.